The zero-order chi connectivity index (χ0) is 10.9. The van der Waals surface area contributed by atoms with Crippen molar-refractivity contribution >= 4 is 35.0 Å². The molecule has 0 atom stereocenters. The Morgan fingerprint density at radius 1 is 1.14 bits per heavy atom. The van der Waals surface area contributed by atoms with Crippen molar-refractivity contribution in [3.8, 4) is 5.75 Å². The average Bonchev–Trinajstić information content (AvgIpc) is 1.96. The molecule has 0 aromatic heterocycles. The highest BCUT2D eigenvalue weighted by Crippen LogP contribution is 2.42. The van der Waals surface area contributed by atoms with Gasteiger partial charge in [0.25, 0.3) is 0 Å². The standard InChI is InChI=1S/C7H3Cl2F3OS/c8-4-1-3(14-7(10,11)12)2-5(9)6(4)13/h1-2,13H. The maximum Gasteiger partial charge on any atom is 0.446 e. The molecule has 0 fully saturated rings. The van der Waals surface area contributed by atoms with Gasteiger partial charge in [0.2, 0.25) is 0 Å². The summed E-state index contributed by atoms with van der Waals surface area (Å²) in [5, 5.41) is 8.67. The number of hydrogen-bond acceptors (Lipinski definition) is 2. The second-order valence-electron chi connectivity index (χ2n) is 2.28. The normalized spacial score (nSPS) is 11.8. The van der Waals surface area contributed by atoms with Crippen LogP contribution in [0, 0.1) is 0 Å². The molecule has 0 heterocycles. The van der Waals surface area contributed by atoms with Crippen molar-refractivity contribution in [2.75, 3.05) is 0 Å². The van der Waals surface area contributed by atoms with Crippen LogP contribution in [0.15, 0.2) is 17.0 Å². The minimum atomic E-state index is -4.40. The van der Waals surface area contributed by atoms with Crippen LogP contribution in [0.3, 0.4) is 0 Å². The van der Waals surface area contributed by atoms with Gasteiger partial charge in [-0.2, -0.15) is 13.2 Å². The Balaban J connectivity index is 3.02. The van der Waals surface area contributed by atoms with E-state index >= 15 is 0 Å². The lowest BCUT2D eigenvalue weighted by atomic mass is 10.3. The van der Waals surface area contributed by atoms with Crippen LogP contribution in [-0.2, 0) is 0 Å². The van der Waals surface area contributed by atoms with Crippen molar-refractivity contribution in [1.29, 1.82) is 0 Å². The van der Waals surface area contributed by atoms with Crippen LogP contribution in [0.5, 0.6) is 5.75 Å². The smallest absolute Gasteiger partial charge is 0.446 e. The van der Waals surface area contributed by atoms with Crippen molar-refractivity contribution < 1.29 is 18.3 Å². The molecule has 0 radical (unpaired) electrons. The molecule has 0 amide bonds. The summed E-state index contributed by atoms with van der Waals surface area (Å²) in [4.78, 5) is -0.162. The van der Waals surface area contributed by atoms with Gasteiger partial charge in [0.1, 0.15) is 0 Å². The van der Waals surface area contributed by atoms with E-state index in [4.69, 9.17) is 28.3 Å². The molecule has 0 aliphatic carbocycles. The van der Waals surface area contributed by atoms with Gasteiger partial charge in [-0.25, -0.2) is 0 Å². The van der Waals surface area contributed by atoms with Crippen LogP contribution in [-0.4, -0.2) is 10.6 Å². The van der Waals surface area contributed by atoms with Crippen LogP contribution in [0.1, 0.15) is 0 Å². The van der Waals surface area contributed by atoms with E-state index in [9.17, 15) is 13.2 Å². The predicted molar refractivity (Wildman–Crippen MR) is 50.0 cm³/mol. The summed E-state index contributed by atoms with van der Waals surface area (Å²) in [6.45, 7) is 0. The van der Waals surface area contributed by atoms with Gasteiger partial charge in [-0.3, -0.25) is 0 Å². The molecule has 0 bridgehead atoms. The Labute approximate surface area is 91.8 Å². The third-order valence-corrected chi connectivity index (χ3v) is 2.50. The summed E-state index contributed by atoms with van der Waals surface area (Å²) < 4.78 is 35.8. The van der Waals surface area contributed by atoms with Crippen molar-refractivity contribution in [2.24, 2.45) is 0 Å². The summed E-state index contributed by atoms with van der Waals surface area (Å²) >= 11 is 10.5. The van der Waals surface area contributed by atoms with Gasteiger partial charge in [-0.15, -0.1) is 0 Å². The number of hydrogen-bond donors (Lipinski definition) is 1. The largest absolute Gasteiger partial charge is 0.505 e. The van der Waals surface area contributed by atoms with Crippen LogP contribution in [0.4, 0.5) is 13.2 Å². The monoisotopic (exact) mass is 262 g/mol. The highest BCUT2D eigenvalue weighted by molar-refractivity contribution is 8.00. The molecular weight excluding hydrogens is 260 g/mol. The minimum Gasteiger partial charge on any atom is -0.505 e. The Bertz CT molecular complexity index is 330. The molecule has 14 heavy (non-hydrogen) atoms. The highest BCUT2D eigenvalue weighted by atomic mass is 35.5. The molecule has 1 N–H and O–H groups in total. The number of phenols is 1. The van der Waals surface area contributed by atoms with Crippen molar-refractivity contribution in [1.82, 2.24) is 0 Å². The van der Waals surface area contributed by atoms with Crippen LogP contribution < -0.4 is 0 Å². The van der Waals surface area contributed by atoms with Gasteiger partial charge in [0, 0.05) is 4.90 Å². The first-order chi connectivity index (χ1) is 6.29. The highest BCUT2D eigenvalue weighted by Gasteiger charge is 2.29. The van der Waals surface area contributed by atoms with Gasteiger partial charge < -0.3 is 5.11 Å². The van der Waals surface area contributed by atoms with E-state index in [1.54, 1.807) is 0 Å². The van der Waals surface area contributed by atoms with Gasteiger partial charge >= 0.3 is 5.51 Å². The Hall–Kier alpha value is -0.260. The fourth-order valence-corrected chi connectivity index (χ4v) is 1.97. The summed E-state index contributed by atoms with van der Waals surface area (Å²) in [6, 6.07) is 2.00. The van der Waals surface area contributed by atoms with Gasteiger partial charge in [0.05, 0.1) is 10.0 Å². The third-order valence-electron chi connectivity index (χ3n) is 1.22. The number of thioether (sulfide) groups is 1. The molecule has 1 aromatic carbocycles. The number of alkyl halides is 3. The van der Waals surface area contributed by atoms with Crippen molar-refractivity contribution in [3.05, 3.63) is 22.2 Å². The maximum absolute atomic E-state index is 11.9. The summed E-state index contributed by atoms with van der Waals surface area (Å²) in [7, 11) is 0. The van der Waals surface area contributed by atoms with Crippen LogP contribution in [0.2, 0.25) is 10.0 Å². The first kappa shape index (κ1) is 11.8. The second kappa shape index (κ2) is 4.08. The molecule has 1 rings (SSSR count). The van der Waals surface area contributed by atoms with Crippen molar-refractivity contribution in [3.63, 3.8) is 0 Å². The van der Waals surface area contributed by atoms with E-state index in [0.29, 0.717) is 0 Å². The number of phenolic OH excluding ortho intramolecular Hbond substituents is 1. The molecule has 7 heteroatoms. The molecule has 1 nitrogen and oxygen atoms in total. The first-order valence-electron chi connectivity index (χ1n) is 3.23. The van der Waals surface area contributed by atoms with Gasteiger partial charge in [0.15, 0.2) is 5.75 Å². The lowest BCUT2D eigenvalue weighted by Gasteiger charge is -2.07. The maximum atomic E-state index is 11.9. The lowest BCUT2D eigenvalue weighted by Crippen LogP contribution is -1.98. The zero-order valence-corrected chi connectivity index (χ0v) is 8.73. The summed E-state index contributed by atoms with van der Waals surface area (Å²) in [5.41, 5.74) is -4.40. The lowest BCUT2D eigenvalue weighted by molar-refractivity contribution is -0.0328. The number of halogens is 5. The fraction of sp³-hybridized carbons (Fsp3) is 0.143. The molecule has 0 saturated carbocycles. The summed E-state index contributed by atoms with van der Waals surface area (Å²) in [5.74, 6) is -0.417. The summed E-state index contributed by atoms with van der Waals surface area (Å²) in [6.07, 6.45) is 0. The molecule has 0 spiro atoms. The fourth-order valence-electron chi connectivity index (χ4n) is 0.735. The van der Waals surface area contributed by atoms with Crippen molar-refractivity contribution in [2.45, 2.75) is 10.4 Å². The number of rotatable bonds is 1. The SMILES string of the molecule is Oc1c(Cl)cc(SC(F)(F)F)cc1Cl. The predicted octanol–water partition coefficient (Wildman–Crippen LogP) is 4.31. The van der Waals surface area contributed by atoms with E-state index in [0.717, 1.165) is 12.1 Å². The average molecular weight is 263 g/mol. The van der Waals surface area contributed by atoms with Crippen LogP contribution in [0.25, 0.3) is 0 Å². The number of aromatic hydroxyl groups is 1. The van der Waals surface area contributed by atoms with Gasteiger partial charge in [-0.1, -0.05) is 23.2 Å². The van der Waals surface area contributed by atoms with E-state index in [1.165, 1.54) is 0 Å². The third kappa shape index (κ3) is 3.15. The molecule has 0 unspecified atom stereocenters. The topological polar surface area (TPSA) is 20.2 Å². The quantitative estimate of drug-likeness (QED) is 0.762. The van der Waals surface area contributed by atoms with E-state index < -0.39 is 11.3 Å². The molecule has 1 aromatic rings. The minimum absolute atomic E-state index is 0.162. The van der Waals surface area contributed by atoms with Gasteiger partial charge in [-0.05, 0) is 23.9 Å². The second-order valence-corrected chi connectivity index (χ2v) is 4.24. The van der Waals surface area contributed by atoms with E-state index in [2.05, 4.69) is 0 Å². The molecule has 0 aliphatic heterocycles. The molecule has 0 saturated heterocycles. The van der Waals surface area contributed by atoms with E-state index in [1.807, 2.05) is 0 Å². The molecular formula is C7H3Cl2F3OS. The molecule has 0 aliphatic rings. The number of benzene rings is 1. The zero-order valence-electron chi connectivity index (χ0n) is 6.40. The van der Waals surface area contributed by atoms with E-state index in [-0.39, 0.29) is 26.7 Å². The Morgan fingerprint density at radius 3 is 1.93 bits per heavy atom. The van der Waals surface area contributed by atoms with Crippen LogP contribution >= 0.6 is 35.0 Å². The molecule has 78 valence electrons. The Morgan fingerprint density at radius 2 is 1.57 bits per heavy atom. The Kier molecular flexibility index (Phi) is 3.44. The first-order valence-corrected chi connectivity index (χ1v) is 4.80.